The molecule has 0 atom stereocenters. The second kappa shape index (κ2) is 23.0. The van der Waals surface area contributed by atoms with Crippen molar-refractivity contribution in [1.82, 2.24) is 5.32 Å². The van der Waals surface area contributed by atoms with E-state index >= 15 is 0 Å². The van der Waals surface area contributed by atoms with Crippen LogP contribution in [-0.2, 0) is 28.4 Å². The number of hydrogen-bond donors (Lipinski definition) is 1. The molecule has 0 aliphatic rings. The van der Waals surface area contributed by atoms with Crippen LogP contribution in [-0.4, -0.2) is 99.4 Å². The van der Waals surface area contributed by atoms with Gasteiger partial charge in [0.05, 0.1) is 79.3 Å². The third kappa shape index (κ3) is 23.0. The highest BCUT2D eigenvalue weighted by atomic mass is 16.6. The zero-order chi connectivity index (χ0) is 18.3. The first-order chi connectivity index (χ1) is 12.4. The largest absolute Gasteiger partial charge is 0.379 e. The number of azide groups is 1. The van der Waals surface area contributed by atoms with E-state index in [0.29, 0.717) is 85.8 Å². The minimum absolute atomic E-state index is 0.342. The molecule has 0 aromatic heterocycles. The Bertz CT molecular complexity index is 306. The van der Waals surface area contributed by atoms with Crippen molar-refractivity contribution in [3.63, 3.8) is 0 Å². The molecular formula is C15H32N4O6. The molecule has 0 bridgehead atoms. The van der Waals surface area contributed by atoms with Gasteiger partial charge in [0, 0.05) is 18.0 Å². The molecule has 0 aromatic rings. The fourth-order valence-corrected chi connectivity index (χ4v) is 1.53. The highest BCUT2D eigenvalue weighted by Gasteiger charge is 1.94. The summed E-state index contributed by atoms with van der Waals surface area (Å²) in [6.07, 6.45) is 0. The molecule has 0 radical (unpaired) electrons. The van der Waals surface area contributed by atoms with E-state index in [9.17, 15) is 0 Å². The number of ether oxygens (including phenoxy) is 6. The fraction of sp³-hybridized carbons (Fsp3) is 1.00. The molecule has 0 aliphatic carbocycles. The number of hydrogen-bond acceptors (Lipinski definition) is 8. The third-order valence-corrected chi connectivity index (χ3v) is 2.76. The highest BCUT2D eigenvalue weighted by molar-refractivity contribution is 4.44. The summed E-state index contributed by atoms with van der Waals surface area (Å²) < 4.78 is 31.9. The summed E-state index contributed by atoms with van der Waals surface area (Å²) in [5.74, 6) is 0. The Hall–Kier alpha value is -0.970. The molecule has 0 rings (SSSR count). The van der Waals surface area contributed by atoms with E-state index in [1.807, 2.05) is 7.05 Å². The van der Waals surface area contributed by atoms with E-state index in [-0.39, 0.29) is 0 Å². The molecule has 0 amide bonds. The van der Waals surface area contributed by atoms with E-state index in [1.54, 1.807) is 0 Å². The Kier molecular flexibility index (Phi) is 22.1. The van der Waals surface area contributed by atoms with Crippen molar-refractivity contribution in [1.29, 1.82) is 0 Å². The summed E-state index contributed by atoms with van der Waals surface area (Å²) in [6.45, 7) is 7.63. The van der Waals surface area contributed by atoms with Crippen LogP contribution in [0.1, 0.15) is 0 Å². The SMILES string of the molecule is CNCCOCCOCCOCCOCCOCCOCCN=[N+]=[N-]. The summed E-state index contributed by atoms with van der Waals surface area (Å²) in [5, 5.41) is 6.36. The minimum Gasteiger partial charge on any atom is -0.379 e. The Morgan fingerprint density at radius 2 is 1.00 bits per heavy atom. The van der Waals surface area contributed by atoms with Gasteiger partial charge in [-0.3, -0.25) is 0 Å². The molecule has 0 aromatic carbocycles. The van der Waals surface area contributed by atoms with Gasteiger partial charge in [0.2, 0.25) is 0 Å². The van der Waals surface area contributed by atoms with E-state index in [4.69, 9.17) is 34.0 Å². The van der Waals surface area contributed by atoms with Crippen LogP contribution in [0.5, 0.6) is 0 Å². The molecule has 0 fully saturated rings. The van der Waals surface area contributed by atoms with Gasteiger partial charge >= 0.3 is 0 Å². The molecule has 0 spiro atoms. The molecule has 25 heavy (non-hydrogen) atoms. The Labute approximate surface area is 149 Å². The molecule has 10 nitrogen and oxygen atoms in total. The first-order valence-corrected chi connectivity index (χ1v) is 8.53. The summed E-state index contributed by atoms with van der Waals surface area (Å²) in [7, 11) is 1.89. The molecular weight excluding hydrogens is 332 g/mol. The lowest BCUT2D eigenvalue weighted by Gasteiger charge is -2.08. The minimum atomic E-state index is 0.342. The molecule has 0 unspecified atom stereocenters. The summed E-state index contributed by atoms with van der Waals surface area (Å²) in [6, 6.07) is 0. The standard InChI is InChI=1S/C15H32N4O6/c1-17-2-4-20-6-8-22-10-12-24-14-15-25-13-11-23-9-7-21-5-3-18-19-16/h17H,2-15H2,1H3. The average molecular weight is 364 g/mol. The van der Waals surface area contributed by atoms with Crippen molar-refractivity contribution < 1.29 is 28.4 Å². The maximum absolute atomic E-state index is 8.07. The first kappa shape index (κ1) is 24.0. The highest BCUT2D eigenvalue weighted by Crippen LogP contribution is 1.84. The Morgan fingerprint density at radius 3 is 1.36 bits per heavy atom. The monoisotopic (exact) mass is 364 g/mol. The van der Waals surface area contributed by atoms with E-state index in [0.717, 1.165) is 6.54 Å². The normalized spacial score (nSPS) is 10.8. The second-order valence-corrected chi connectivity index (χ2v) is 4.73. The number of nitrogens with one attached hydrogen (secondary N) is 1. The quantitative estimate of drug-likeness (QED) is 0.137. The molecule has 148 valence electrons. The average Bonchev–Trinajstić information content (AvgIpc) is 2.63. The maximum Gasteiger partial charge on any atom is 0.0701 e. The van der Waals surface area contributed by atoms with Crippen molar-refractivity contribution in [3.05, 3.63) is 10.4 Å². The maximum atomic E-state index is 8.07. The van der Waals surface area contributed by atoms with Crippen LogP contribution in [0.25, 0.3) is 10.4 Å². The van der Waals surface area contributed by atoms with Gasteiger partial charge in [-0.05, 0) is 12.6 Å². The van der Waals surface area contributed by atoms with Crippen molar-refractivity contribution in [3.8, 4) is 0 Å². The number of rotatable bonds is 21. The molecule has 1 N–H and O–H groups in total. The van der Waals surface area contributed by atoms with E-state index in [1.165, 1.54) is 0 Å². The van der Waals surface area contributed by atoms with Crippen LogP contribution in [0, 0.1) is 0 Å². The van der Waals surface area contributed by atoms with Gasteiger partial charge in [0.25, 0.3) is 0 Å². The van der Waals surface area contributed by atoms with Gasteiger partial charge in [-0.1, -0.05) is 5.11 Å². The van der Waals surface area contributed by atoms with Crippen molar-refractivity contribution in [2.45, 2.75) is 0 Å². The van der Waals surface area contributed by atoms with Gasteiger partial charge in [-0.25, -0.2) is 0 Å². The molecule has 0 heterocycles. The van der Waals surface area contributed by atoms with Crippen molar-refractivity contribution in [2.75, 3.05) is 99.4 Å². The smallest absolute Gasteiger partial charge is 0.0701 e. The van der Waals surface area contributed by atoms with Gasteiger partial charge in [0.1, 0.15) is 0 Å². The van der Waals surface area contributed by atoms with Crippen molar-refractivity contribution >= 4 is 0 Å². The number of likely N-dealkylation sites (N-methyl/N-ethyl adjacent to an activating group) is 1. The predicted octanol–water partition coefficient (Wildman–Crippen LogP) is 0.616. The van der Waals surface area contributed by atoms with Gasteiger partial charge in [-0.2, -0.15) is 0 Å². The lowest BCUT2D eigenvalue weighted by Crippen LogP contribution is -2.17. The van der Waals surface area contributed by atoms with Crippen molar-refractivity contribution in [2.24, 2.45) is 5.11 Å². The molecule has 0 aliphatic heterocycles. The van der Waals surface area contributed by atoms with Crippen LogP contribution in [0.3, 0.4) is 0 Å². The van der Waals surface area contributed by atoms with Crippen LogP contribution in [0.15, 0.2) is 5.11 Å². The summed E-state index contributed by atoms with van der Waals surface area (Å²) in [4.78, 5) is 2.63. The van der Waals surface area contributed by atoms with Crippen LogP contribution in [0.4, 0.5) is 0 Å². The fourth-order valence-electron chi connectivity index (χ4n) is 1.53. The summed E-state index contributed by atoms with van der Waals surface area (Å²) in [5.41, 5.74) is 8.07. The number of nitrogens with zero attached hydrogens (tertiary/aromatic N) is 3. The third-order valence-electron chi connectivity index (χ3n) is 2.76. The molecule has 0 saturated carbocycles. The Morgan fingerprint density at radius 1 is 0.640 bits per heavy atom. The zero-order valence-corrected chi connectivity index (χ0v) is 15.2. The topological polar surface area (TPSA) is 116 Å². The second-order valence-electron chi connectivity index (χ2n) is 4.73. The lowest BCUT2D eigenvalue weighted by atomic mass is 10.6. The Balaban J connectivity index is 2.97. The molecule has 10 heteroatoms. The first-order valence-electron chi connectivity index (χ1n) is 8.53. The van der Waals surface area contributed by atoms with Gasteiger partial charge < -0.3 is 33.7 Å². The van der Waals surface area contributed by atoms with Gasteiger partial charge in [-0.15, -0.1) is 0 Å². The predicted molar refractivity (Wildman–Crippen MR) is 92.9 cm³/mol. The molecule has 0 saturated heterocycles. The van der Waals surface area contributed by atoms with E-state index in [2.05, 4.69) is 15.3 Å². The van der Waals surface area contributed by atoms with Crippen LogP contribution >= 0.6 is 0 Å². The zero-order valence-electron chi connectivity index (χ0n) is 15.2. The summed E-state index contributed by atoms with van der Waals surface area (Å²) >= 11 is 0. The van der Waals surface area contributed by atoms with Crippen LogP contribution in [0.2, 0.25) is 0 Å². The van der Waals surface area contributed by atoms with Crippen LogP contribution < -0.4 is 5.32 Å². The van der Waals surface area contributed by atoms with Gasteiger partial charge in [0.15, 0.2) is 0 Å². The van der Waals surface area contributed by atoms with E-state index < -0.39 is 0 Å². The lowest BCUT2D eigenvalue weighted by molar-refractivity contribution is -0.0162.